The second-order valence-corrected chi connectivity index (χ2v) is 8.54. The van der Waals surface area contributed by atoms with Crippen LogP contribution in [-0.2, 0) is 17.8 Å². The van der Waals surface area contributed by atoms with Crippen molar-refractivity contribution in [3.8, 4) is 5.69 Å². The van der Waals surface area contributed by atoms with Crippen LogP contribution < -0.4 is 5.32 Å². The van der Waals surface area contributed by atoms with Crippen LogP contribution in [-0.4, -0.2) is 39.2 Å². The fraction of sp³-hybridized carbons (Fsp3) is 0.545. The SMILES string of the molecule is CC(C)Cc1nn(-c2ccccc2)cc1CN1CC(=O)NCC12CCCC2. The summed E-state index contributed by atoms with van der Waals surface area (Å²) in [7, 11) is 0. The second-order valence-electron chi connectivity index (χ2n) is 8.54. The molecule has 5 heteroatoms. The molecule has 2 fully saturated rings. The van der Waals surface area contributed by atoms with Crippen LogP contribution in [0.25, 0.3) is 5.69 Å². The lowest BCUT2D eigenvalue weighted by Crippen LogP contribution is -2.61. The maximum atomic E-state index is 12.1. The summed E-state index contributed by atoms with van der Waals surface area (Å²) < 4.78 is 2.00. The van der Waals surface area contributed by atoms with Gasteiger partial charge in [0.05, 0.1) is 17.9 Å². The van der Waals surface area contributed by atoms with Gasteiger partial charge in [-0.1, -0.05) is 44.9 Å². The summed E-state index contributed by atoms with van der Waals surface area (Å²) in [5.41, 5.74) is 3.64. The standard InChI is InChI=1S/C22H30N4O/c1-17(2)12-20-18(14-26(24-20)19-8-4-3-5-9-19)13-25-15-21(27)23-16-22(25)10-6-7-11-22/h3-5,8-9,14,17H,6-7,10-13,15-16H2,1-2H3,(H,23,27). The maximum Gasteiger partial charge on any atom is 0.234 e. The number of hydrogen-bond donors (Lipinski definition) is 1. The van der Waals surface area contributed by atoms with Crippen LogP contribution in [0.15, 0.2) is 36.5 Å². The summed E-state index contributed by atoms with van der Waals surface area (Å²) in [6.07, 6.45) is 8.01. The fourth-order valence-corrected chi connectivity index (χ4v) is 4.58. The van der Waals surface area contributed by atoms with Crippen LogP contribution in [0.1, 0.15) is 50.8 Å². The normalized spacial score (nSPS) is 19.7. The van der Waals surface area contributed by atoms with Gasteiger partial charge in [-0.3, -0.25) is 9.69 Å². The van der Waals surface area contributed by atoms with E-state index < -0.39 is 0 Å². The topological polar surface area (TPSA) is 50.2 Å². The molecule has 0 atom stereocenters. The molecule has 0 radical (unpaired) electrons. The third kappa shape index (κ3) is 3.79. The number of piperazine rings is 1. The van der Waals surface area contributed by atoms with E-state index in [9.17, 15) is 4.79 Å². The van der Waals surface area contributed by atoms with Gasteiger partial charge in [0.25, 0.3) is 0 Å². The Hall–Kier alpha value is -2.14. The van der Waals surface area contributed by atoms with Crippen LogP contribution in [0.2, 0.25) is 0 Å². The number of rotatable bonds is 5. The molecule has 1 amide bonds. The number of carbonyl (C=O) groups is 1. The summed E-state index contributed by atoms with van der Waals surface area (Å²) in [4.78, 5) is 14.5. The van der Waals surface area contributed by atoms with Crippen LogP contribution in [0.4, 0.5) is 0 Å². The van der Waals surface area contributed by atoms with Crippen molar-refractivity contribution in [1.82, 2.24) is 20.0 Å². The molecule has 1 spiro atoms. The number of aromatic nitrogens is 2. The molecule has 1 saturated heterocycles. The van der Waals surface area contributed by atoms with Gasteiger partial charge in [0.2, 0.25) is 5.91 Å². The second kappa shape index (κ2) is 7.47. The number of hydrogen-bond acceptors (Lipinski definition) is 3. The van der Waals surface area contributed by atoms with Gasteiger partial charge in [-0.05, 0) is 37.3 Å². The molecule has 1 aliphatic carbocycles. The number of carbonyl (C=O) groups excluding carboxylic acids is 1. The molecule has 2 aromatic rings. The van der Waals surface area contributed by atoms with Gasteiger partial charge in [-0.2, -0.15) is 5.10 Å². The van der Waals surface area contributed by atoms with Crippen molar-refractivity contribution in [2.45, 2.75) is 58.0 Å². The first kappa shape index (κ1) is 18.2. The zero-order chi connectivity index (χ0) is 18.9. The van der Waals surface area contributed by atoms with Gasteiger partial charge in [0.1, 0.15) is 0 Å². The smallest absolute Gasteiger partial charge is 0.234 e. The Bertz CT molecular complexity index is 790. The molecule has 1 aromatic carbocycles. The van der Waals surface area contributed by atoms with Gasteiger partial charge in [-0.25, -0.2) is 4.68 Å². The molecule has 2 heterocycles. The van der Waals surface area contributed by atoms with Gasteiger partial charge in [0.15, 0.2) is 0 Å². The fourth-order valence-electron chi connectivity index (χ4n) is 4.58. The minimum atomic E-state index is 0.137. The van der Waals surface area contributed by atoms with Crippen molar-refractivity contribution < 1.29 is 4.79 Å². The third-order valence-electron chi connectivity index (χ3n) is 6.01. The Labute approximate surface area is 161 Å². The van der Waals surface area contributed by atoms with Crippen molar-refractivity contribution in [2.75, 3.05) is 13.1 Å². The van der Waals surface area contributed by atoms with Crippen molar-refractivity contribution in [1.29, 1.82) is 0 Å². The first-order chi connectivity index (χ1) is 13.1. The largest absolute Gasteiger partial charge is 0.353 e. The molecule has 2 aliphatic rings. The summed E-state index contributed by atoms with van der Waals surface area (Å²) in [5, 5.41) is 8.02. The number of nitrogens with one attached hydrogen (secondary N) is 1. The van der Waals surface area contributed by atoms with E-state index >= 15 is 0 Å². The lowest BCUT2D eigenvalue weighted by molar-refractivity contribution is -0.128. The molecule has 0 bridgehead atoms. The van der Waals surface area contributed by atoms with E-state index in [1.165, 1.54) is 31.2 Å². The predicted molar refractivity (Wildman–Crippen MR) is 107 cm³/mol. The first-order valence-corrected chi connectivity index (χ1v) is 10.2. The van der Waals surface area contributed by atoms with E-state index in [0.29, 0.717) is 12.5 Å². The number of benzene rings is 1. The highest BCUT2D eigenvalue weighted by Gasteiger charge is 2.43. The van der Waals surface area contributed by atoms with Crippen molar-refractivity contribution >= 4 is 5.91 Å². The quantitative estimate of drug-likeness (QED) is 0.883. The molecule has 4 rings (SSSR count). The molecular formula is C22H30N4O. The summed E-state index contributed by atoms with van der Waals surface area (Å²) in [6, 6.07) is 10.3. The van der Waals surface area contributed by atoms with Crippen LogP contribution >= 0.6 is 0 Å². The zero-order valence-corrected chi connectivity index (χ0v) is 16.4. The average molecular weight is 367 g/mol. The minimum Gasteiger partial charge on any atom is -0.353 e. The average Bonchev–Trinajstić information content (AvgIpc) is 3.27. The number of amides is 1. The van der Waals surface area contributed by atoms with Gasteiger partial charge in [-0.15, -0.1) is 0 Å². The molecule has 1 aromatic heterocycles. The van der Waals surface area contributed by atoms with Crippen molar-refractivity contribution in [2.24, 2.45) is 5.92 Å². The number of para-hydroxylation sites is 1. The number of nitrogens with zero attached hydrogens (tertiary/aromatic N) is 3. The Balaban J connectivity index is 1.65. The van der Waals surface area contributed by atoms with E-state index in [4.69, 9.17) is 5.10 Å². The Morgan fingerprint density at radius 3 is 2.63 bits per heavy atom. The van der Waals surface area contributed by atoms with Crippen LogP contribution in [0, 0.1) is 5.92 Å². The zero-order valence-electron chi connectivity index (χ0n) is 16.4. The van der Waals surface area contributed by atoms with Crippen LogP contribution in [0.5, 0.6) is 0 Å². The molecule has 1 N–H and O–H groups in total. The Kier molecular flexibility index (Phi) is 5.04. The lowest BCUT2D eigenvalue weighted by Gasteiger charge is -2.44. The Morgan fingerprint density at radius 1 is 1.19 bits per heavy atom. The molecule has 144 valence electrons. The molecule has 5 nitrogen and oxygen atoms in total. The molecule has 1 aliphatic heterocycles. The van der Waals surface area contributed by atoms with Gasteiger partial charge < -0.3 is 5.32 Å². The molecule has 27 heavy (non-hydrogen) atoms. The van der Waals surface area contributed by atoms with Crippen molar-refractivity contribution in [3.63, 3.8) is 0 Å². The van der Waals surface area contributed by atoms with E-state index in [2.05, 4.69) is 42.4 Å². The Morgan fingerprint density at radius 2 is 1.93 bits per heavy atom. The highest BCUT2D eigenvalue weighted by atomic mass is 16.2. The summed E-state index contributed by atoms with van der Waals surface area (Å²) in [5.74, 6) is 0.696. The van der Waals surface area contributed by atoms with E-state index in [1.807, 2.05) is 22.9 Å². The third-order valence-corrected chi connectivity index (χ3v) is 6.01. The molecule has 1 saturated carbocycles. The predicted octanol–water partition coefficient (Wildman–Crippen LogP) is 3.32. The van der Waals surface area contributed by atoms with Gasteiger partial charge in [0, 0.05) is 30.4 Å². The van der Waals surface area contributed by atoms with Crippen molar-refractivity contribution in [3.05, 3.63) is 47.8 Å². The minimum absolute atomic E-state index is 0.137. The molecule has 0 unspecified atom stereocenters. The van der Waals surface area contributed by atoms with E-state index in [-0.39, 0.29) is 11.4 Å². The summed E-state index contributed by atoms with van der Waals surface area (Å²) in [6.45, 7) is 6.56. The van der Waals surface area contributed by atoms with Crippen LogP contribution in [0.3, 0.4) is 0 Å². The van der Waals surface area contributed by atoms with Gasteiger partial charge >= 0.3 is 0 Å². The summed E-state index contributed by atoms with van der Waals surface area (Å²) >= 11 is 0. The molecular weight excluding hydrogens is 336 g/mol. The highest BCUT2D eigenvalue weighted by Crippen LogP contribution is 2.37. The van der Waals surface area contributed by atoms with E-state index in [0.717, 1.165) is 30.9 Å². The van der Waals surface area contributed by atoms with E-state index in [1.54, 1.807) is 0 Å². The monoisotopic (exact) mass is 366 g/mol. The first-order valence-electron chi connectivity index (χ1n) is 10.2. The highest BCUT2D eigenvalue weighted by molar-refractivity contribution is 5.79. The maximum absolute atomic E-state index is 12.1. The lowest BCUT2D eigenvalue weighted by atomic mass is 9.91.